The highest BCUT2D eigenvalue weighted by atomic mass is 16.5. The molecular formula is C23H31N5O3. The maximum Gasteiger partial charge on any atom is 0.260 e. The fourth-order valence-electron chi connectivity index (χ4n) is 4.23. The van der Waals surface area contributed by atoms with Crippen molar-refractivity contribution in [2.45, 2.75) is 32.2 Å². The number of methoxy groups -OCH3 is 1. The summed E-state index contributed by atoms with van der Waals surface area (Å²) in [7, 11) is 1.59. The van der Waals surface area contributed by atoms with Gasteiger partial charge in [0.25, 0.3) is 5.91 Å². The number of hydrogen-bond donors (Lipinski definition) is 0. The third kappa shape index (κ3) is 5.00. The lowest BCUT2D eigenvalue weighted by Gasteiger charge is -2.36. The number of piperidine rings is 1. The van der Waals surface area contributed by atoms with Crippen LogP contribution in [0.1, 0.15) is 26.2 Å². The van der Waals surface area contributed by atoms with Crippen molar-refractivity contribution in [3.05, 3.63) is 36.4 Å². The Hall–Kier alpha value is -3.03. The molecule has 2 aromatic rings. The van der Waals surface area contributed by atoms with Crippen molar-refractivity contribution >= 4 is 17.5 Å². The van der Waals surface area contributed by atoms with E-state index in [1.54, 1.807) is 13.2 Å². The Kier molecular flexibility index (Phi) is 6.74. The van der Waals surface area contributed by atoms with Crippen molar-refractivity contribution in [1.29, 1.82) is 0 Å². The molecule has 3 heterocycles. The van der Waals surface area contributed by atoms with Crippen LogP contribution < -0.4 is 19.3 Å². The molecule has 1 aromatic carbocycles. The lowest BCUT2D eigenvalue weighted by molar-refractivity contribution is -0.133. The zero-order valence-corrected chi connectivity index (χ0v) is 18.4. The molecule has 8 heteroatoms. The second kappa shape index (κ2) is 9.85. The van der Waals surface area contributed by atoms with E-state index in [0.29, 0.717) is 30.6 Å². The lowest BCUT2D eigenvalue weighted by atomic mass is 10.0. The Balaban J connectivity index is 1.27. The number of aromatic nitrogens is 2. The first kappa shape index (κ1) is 21.2. The molecule has 1 unspecified atom stereocenters. The van der Waals surface area contributed by atoms with Gasteiger partial charge in [0.05, 0.1) is 7.11 Å². The zero-order chi connectivity index (χ0) is 21.6. The standard InChI is InChI=1S/C23H31N5O3/c1-18-7-5-6-12-28(18)22-11-10-21(24-25-22)26-13-15-27(16-14-26)23(29)17-31-20-9-4-3-8-19(20)30-2/h3-4,8-11,18H,5-7,12-17H2,1-2H3. The molecule has 0 bridgehead atoms. The summed E-state index contributed by atoms with van der Waals surface area (Å²) >= 11 is 0. The molecule has 1 atom stereocenters. The first-order valence-electron chi connectivity index (χ1n) is 11.0. The van der Waals surface area contributed by atoms with Gasteiger partial charge >= 0.3 is 0 Å². The Morgan fingerprint density at radius 2 is 1.68 bits per heavy atom. The maximum atomic E-state index is 12.6. The van der Waals surface area contributed by atoms with Crippen molar-refractivity contribution < 1.29 is 14.3 Å². The van der Waals surface area contributed by atoms with Gasteiger partial charge in [-0.05, 0) is 50.5 Å². The van der Waals surface area contributed by atoms with E-state index in [0.717, 1.165) is 31.3 Å². The fraction of sp³-hybridized carbons (Fsp3) is 0.522. The molecule has 8 nitrogen and oxygen atoms in total. The Morgan fingerprint density at radius 1 is 0.968 bits per heavy atom. The molecule has 0 N–H and O–H groups in total. The van der Waals surface area contributed by atoms with E-state index in [1.165, 1.54) is 19.3 Å². The molecule has 0 spiro atoms. The maximum absolute atomic E-state index is 12.6. The van der Waals surface area contributed by atoms with Crippen LogP contribution in [0.2, 0.25) is 0 Å². The van der Waals surface area contributed by atoms with Gasteiger partial charge in [-0.15, -0.1) is 10.2 Å². The minimum absolute atomic E-state index is 0.00287. The number of amides is 1. The molecule has 2 aliphatic rings. The minimum Gasteiger partial charge on any atom is -0.493 e. The van der Waals surface area contributed by atoms with E-state index in [-0.39, 0.29) is 12.5 Å². The van der Waals surface area contributed by atoms with Crippen LogP contribution in [-0.2, 0) is 4.79 Å². The zero-order valence-electron chi connectivity index (χ0n) is 18.4. The lowest BCUT2D eigenvalue weighted by Crippen LogP contribution is -2.50. The third-order valence-electron chi connectivity index (χ3n) is 6.11. The number of hydrogen-bond acceptors (Lipinski definition) is 7. The summed E-state index contributed by atoms with van der Waals surface area (Å²) in [5.74, 6) is 3.01. The first-order valence-corrected chi connectivity index (χ1v) is 11.0. The average Bonchev–Trinajstić information content (AvgIpc) is 2.83. The predicted octanol–water partition coefficient (Wildman–Crippen LogP) is 2.59. The summed E-state index contributed by atoms with van der Waals surface area (Å²) in [6.45, 7) is 6.04. The Bertz CT molecular complexity index is 868. The summed E-state index contributed by atoms with van der Waals surface area (Å²) in [5.41, 5.74) is 0. The van der Waals surface area contributed by atoms with Crippen molar-refractivity contribution in [2.75, 3.05) is 56.2 Å². The van der Waals surface area contributed by atoms with E-state index in [1.807, 2.05) is 29.2 Å². The highest BCUT2D eigenvalue weighted by Gasteiger charge is 2.24. The van der Waals surface area contributed by atoms with E-state index in [2.05, 4.69) is 33.0 Å². The number of benzene rings is 1. The fourth-order valence-corrected chi connectivity index (χ4v) is 4.23. The molecule has 2 fully saturated rings. The average molecular weight is 426 g/mol. The molecule has 1 amide bonds. The number of para-hydroxylation sites is 2. The number of rotatable bonds is 6. The minimum atomic E-state index is -0.0222. The van der Waals surface area contributed by atoms with Gasteiger partial charge in [-0.3, -0.25) is 4.79 Å². The van der Waals surface area contributed by atoms with Crippen LogP contribution in [0, 0.1) is 0 Å². The number of anilines is 2. The SMILES string of the molecule is COc1ccccc1OCC(=O)N1CCN(c2ccc(N3CCCCC3C)nn2)CC1. The molecule has 2 saturated heterocycles. The predicted molar refractivity (Wildman–Crippen MR) is 120 cm³/mol. The number of ether oxygens (including phenoxy) is 2. The number of nitrogens with zero attached hydrogens (tertiary/aromatic N) is 5. The normalized spacial score (nSPS) is 19.3. The molecule has 0 radical (unpaired) electrons. The van der Waals surface area contributed by atoms with Crippen LogP contribution in [0.25, 0.3) is 0 Å². The van der Waals surface area contributed by atoms with Gasteiger partial charge in [-0.2, -0.15) is 0 Å². The van der Waals surface area contributed by atoms with Crippen LogP contribution in [-0.4, -0.2) is 73.5 Å². The quantitative estimate of drug-likeness (QED) is 0.704. The van der Waals surface area contributed by atoms with Crippen molar-refractivity contribution in [3.8, 4) is 11.5 Å². The number of piperazine rings is 1. The second-order valence-corrected chi connectivity index (χ2v) is 8.10. The summed E-state index contributed by atoms with van der Waals surface area (Å²) in [6.07, 6.45) is 3.71. The molecule has 0 saturated carbocycles. The molecule has 2 aliphatic heterocycles. The van der Waals surface area contributed by atoms with Crippen LogP contribution in [0.5, 0.6) is 11.5 Å². The van der Waals surface area contributed by atoms with E-state index in [9.17, 15) is 4.79 Å². The van der Waals surface area contributed by atoms with Crippen LogP contribution in [0.4, 0.5) is 11.6 Å². The van der Waals surface area contributed by atoms with Crippen molar-refractivity contribution in [2.24, 2.45) is 0 Å². The van der Waals surface area contributed by atoms with E-state index < -0.39 is 0 Å². The molecule has 4 rings (SSSR count). The second-order valence-electron chi connectivity index (χ2n) is 8.10. The van der Waals surface area contributed by atoms with Crippen LogP contribution in [0.3, 0.4) is 0 Å². The number of carbonyl (C=O) groups is 1. The summed E-state index contributed by atoms with van der Waals surface area (Å²) in [5, 5.41) is 8.95. The first-order chi connectivity index (χ1) is 15.2. The number of carbonyl (C=O) groups excluding carboxylic acids is 1. The van der Waals surface area contributed by atoms with Crippen molar-refractivity contribution in [1.82, 2.24) is 15.1 Å². The third-order valence-corrected chi connectivity index (χ3v) is 6.11. The van der Waals surface area contributed by atoms with Crippen LogP contribution in [0.15, 0.2) is 36.4 Å². The molecule has 0 aliphatic carbocycles. The van der Waals surface area contributed by atoms with Gasteiger partial charge < -0.3 is 24.2 Å². The Morgan fingerprint density at radius 3 is 2.35 bits per heavy atom. The van der Waals surface area contributed by atoms with E-state index in [4.69, 9.17) is 9.47 Å². The highest BCUT2D eigenvalue weighted by molar-refractivity contribution is 5.78. The van der Waals surface area contributed by atoms with Crippen LogP contribution >= 0.6 is 0 Å². The van der Waals surface area contributed by atoms with Gasteiger partial charge in [0, 0.05) is 38.8 Å². The van der Waals surface area contributed by atoms with Gasteiger partial charge in [0.15, 0.2) is 29.7 Å². The molecular weight excluding hydrogens is 394 g/mol. The summed E-state index contributed by atoms with van der Waals surface area (Å²) < 4.78 is 10.9. The van der Waals surface area contributed by atoms with Gasteiger partial charge in [0.1, 0.15) is 0 Å². The topological polar surface area (TPSA) is 71.0 Å². The smallest absolute Gasteiger partial charge is 0.260 e. The summed E-state index contributed by atoms with van der Waals surface area (Å²) in [4.78, 5) is 18.9. The van der Waals surface area contributed by atoms with Gasteiger partial charge in [-0.1, -0.05) is 12.1 Å². The van der Waals surface area contributed by atoms with E-state index >= 15 is 0 Å². The monoisotopic (exact) mass is 425 g/mol. The molecule has 166 valence electrons. The Labute approximate surface area is 183 Å². The highest BCUT2D eigenvalue weighted by Crippen LogP contribution is 2.26. The largest absolute Gasteiger partial charge is 0.493 e. The van der Waals surface area contributed by atoms with Crippen molar-refractivity contribution in [3.63, 3.8) is 0 Å². The van der Waals surface area contributed by atoms with Gasteiger partial charge in [0.2, 0.25) is 0 Å². The molecule has 31 heavy (non-hydrogen) atoms. The van der Waals surface area contributed by atoms with Gasteiger partial charge in [-0.25, -0.2) is 0 Å². The summed E-state index contributed by atoms with van der Waals surface area (Å²) in [6, 6.07) is 12.0. The molecule has 1 aromatic heterocycles.